The third kappa shape index (κ3) is 4.87. The van der Waals surface area contributed by atoms with E-state index in [1.807, 2.05) is 6.07 Å². The first kappa shape index (κ1) is 19.4. The van der Waals surface area contributed by atoms with Gasteiger partial charge >= 0.3 is 6.03 Å². The van der Waals surface area contributed by atoms with Gasteiger partial charge in [0.05, 0.1) is 30.1 Å². The second-order valence-electron chi connectivity index (χ2n) is 5.95. The molecular weight excluding hydrogens is 372 g/mol. The number of aromatic hydroxyl groups is 1. The highest BCUT2D eigenvalue weighted by atomic mass is 16.5. The van der Waals surface area contributed by atoms with Crippen LogP contribution >= 0.6 is 0 Å². The molecule has 5 N–H and O–H groups in total. The maximum atomic E-state index is 12.2. The Morgan fingerprint density at radius 1 is 1.03 bits per heavy atom. The van der Waals surface area contributed by atoms with E-state index in [1.165, 1.54) is 12.1 Å². The Balaban J connectivity index is 1.73. The van der Waals surface area contributed by atoms with Crippen molar-refractivity contribution in [2.45, 2.75) is 0 Å². The lowest BCUT2D eigenvalue weighted by Gasteiger charge is -2.14. The third-order valence-corrected chi connectivity index (χ3v) is 3.94. The van der Waals surface area contributed by atoms with E-state index in [-0.39, 0.29) is 22.9 Å². The van der Waals surface area contributed by atoms with Gasteiger partial charge in [-0.05, 0) is 48.5 Å². The van der Waals surface area contributed by atoms with Crippen molar-refractivity contribution >= 4 is 23.1 Å². The first-order valence-electron chi connectivity index (χ1n) is 8.51. The summed E-state index contributed by atoms with van der Waals surface area (Å²) in [5.74, 6) is 1.25. The zero-order valence-electron chi connectivity index (χ0n) is 15.5. The van der Waals surface area contributed by atoms with Crippen molar-refractivity contribution in [1.82, 2.24) is 0 Å². The van der Waals surface area contributed by atoms with Gasteiger partial charge in [-0.15, -0.1) is 0 Å². The van der Waals surface area contributed by atoms with Crippen molar-refractivity contribution in [3.8, 4) is 29.1 Å². The van der Waals surface area contributed by atoms with Crippen LogP contribution in [0, 0.1) is 11.3 Å². The molecule has 0 unspecified atom stereocenters. The van der Waals surface area contributed by atoms with E-state index in [0.29, 0.717) is 22.7 Å². The summed E-state index contributed by atoms with van der Waals surface area (Å²) in [6, 6.07) is 17.4. The maximum Gasteiger partial charge on any atom is 0.323 e. The van der Waals surface area contributed by atoms with Gasteiger partial charge in [0.2, 0.25) is 0 Å². The first-order chi connectivity index (χ1) is 14.0. The summed E-state index contributed by atoms with van der Waals surface area (Å²) in [5.41, 5.74) is 7.21. The number of rotatable bonds is 5. The average molecular weight is 390 g/mol. The van der Waals surface area contributed by atoms with Gasteiger partial charge in [-0.25, -0.2) is 4.79 Å². The minimum atomic E-state index is -0.579. The van der Waals surface area contributed by atoms with Crippen LogP contribution in [0.1, 0.15) is 5.56 Å². The van der Waals surface area contributed by atoms with Gasteiger partial charge in [0.15, 0.2) is 5.75 Å². The number of amides is 2. The number of phenolic OH excluding ortho intramolecular Hbond substituents is 1. The fourth-order valence-electron chi connectivity index (χ4n) is 2.46. The van der Waals surface area contributed by atoms with Crippen molar-refractivity contribution in [1.29, 1.82) is 5.26 Å². The van der Waals surface area contributed by atoms with Gasteiger partial charge in [0.25, 0.3) is 0 Å². The van der Waals surface area contributed by atoms with Crippen LogP contribution in [0.25, 0.3) is 0 Å². The molecule has 0 aliphatic heterocycles. The van der Waals surface area contributed by atoms with E-state index < -0.39 is 6.03 Å². The molecule has 0 fully saturated rings. The summed E-state index contributed by atoms with van der Waals surface area (Å²) in [6.45, 7) is 0. The van der Waals surface area contributed by atoms with E-state index in [0.717, 1.165) is 0 Å². The van der Waals surface area contributed by atoms with E-state index in [2.05, 4.69) is 10.6 Å². The van der Waals surface area contributed by atoms with Crippen molar-refractivity contribution in [2.75, 3.05) is 23.5 Å². The second kappa shape index (κ2) is 8.54. The minimum Gasteiger partial charge on any atom is -0.506 e. The number of nitrogens with two attached hydrogens (primary N) is 1. The van der Waals surface area contributed by atoms with Crippen LogP contribution in [0.2, 0.25) is 0 Å². The monoisotopic (exact) mass is 390 g/mol. The lowest BCUT2D eigenvalue weighted by atomic mass is 10.2. The van der Waals surface area contributed by atoms with Crippen LogP contribution in [0.5, 0.6) is 23.0 Å². The number of methoxy groups -OCH3 is 1. The molecule has 0 saturated heterocycles. The summed E-state index contributed by atoms with van der Waals surface area (Å²) in [4.78, 5) is 12.2. The molecule has 3 aromatic rings. The third-order valence-electron chi connectivity index (χ3n) is 3.94. The van der Waals surface area contributed by atoms with E-state index in [9.17, 15) is 9.90 Å². The van der Waals surface area contributed by atoms with Crippen LogP contribution in [0.3, 0.4) is 0 Å². The molecule has 0 spiro atoms. The van der Waals surface area contributed by atoms with Crippen molar-refractivity contribution in [3.63, 3.8) is 0 Å². The molecule has 0 radical (unpaired) electrons. The van der Waals surface area contributed by atoms with Gasteiger partial charge in [0, 0.05) is 17.8 Å². The number of hydrogen-bond acceptors (Lipinski definition) is 6. The number of nitrogens with one attached hydrogen (secondary N) is 2. The Morgan fingerprint density at radius 3 is 2.31 bits per heavy atom. The Morgan fingerprint density at radius 2 is 1.69 bits per heavy atom. The number of carbonyl (C=O) groups excluding carboxylic acids is 1. The number of nitriles is 1. The van der Waals surface area contributed by atoms with Crippen LogP contribution < -0.4 is 25.8 Å². The molecule has 8 nitrogen and oxygen atoms in total. The number of nitrogen functional groups attached to an aromatic ring is 1. The maximum absolute atomic E-state index is 12.2. The topological polar surface area (TPSA) is 130 Å². The molecule has 0 bridgehead atoms. The predicted octanol–water partition coefficient (Wildman–Crippen LogP) is 4.29. The van der Waals surface area contributed by atoms with Crippen LogP contribution in [0.15, 0.2) is 60.7 Å². The summed E-state index contributed by atoms with van der Waals surface area (Å²) in [5, 5.41) is 24.1. The summed E-state index contributed by atoms with van der Waals surface area (Å²) in [6.07, 6.45) is 0. The van der Waals surface area contributed by atoms with Gasteiger partial charge in [-0.3, -0.25) is 0 Å². The molecule has 0 heterocycles. The number of ether oxygens (including phenoxy) is 2. The molecule has 0 aromatic heterocycles. The molecule has 0 atom stereocenters. The summed E-state index contributed by atoms with van der Waals surface area (Å²) >= 11 is 0. The lowest BCUT2D eigenvalue weighted by Crippen LogP contribution is -2.19. The first-order valence-corrected chi connectivity index (χ1v) is 8.51. The molecule has 0 aliphatic rings. The molecule has 3 rings (SSSR count). The van der Waals surface area contributed by atoms with E-state index >= 15 is 0 Å². The van der Waals surface area contributed by atoms with Crippen molar-refractivity contribution in [3.05, 3.63) is 66.2 Å². The number of nitrogens with zero attached hydrogens (tertiary/aromatic N) is 1. The Labute approximate surface area is 167 Å². The largest absolute Gasteiger partial charge is 0.506 e. The van der Waals surface area contributed by atoms with Gasteiger partial charge in [-0.2, -0.15) is 5.26 Å². The number of urea groups is 1. The molecule has 0 aliphatic carbocycles. The van der Waals surface area contributed by atoms with Gasteiger partial charge < -0.3 is 30.9 Å². The highest BCUT2D eigenvalue weighted by Crippen LogP contribution is 2.36. The Hall–Kier alpha value is -4.38. The van der Waals surface area contributed by atoms with Crippen LogP contribution in [-0.4, -0.2) is 18.2 Å². The molecule has 146 valence electrons. The number of carbonyl (C=O) groups is 1. The number of benzene rings is 3. The second-order valence-corrected chi connectivity index (χ2v) is 5.95. The van der Waals surface area contributed by atoms with Gasteiger partial charge in [0.1, 0.15) is 17.2 Å². The zero-order valence-corrected chi connectivity index (χ0v) is 15.5. The standard InChI is InChI=1S/C21H18N4O4/c1-28-15-6-8-16(9-7-15)29-20-11-18(19(26)10-17(20)23)25-21(27)24-14-4-2-13(12-22)3-5-14/h2-11,26H,23H2,1H3,(H2,24,25,27). The number of hydrogen-bond donors (Lipinski definition) is 4. The minimum absolute atomic E-state index is 0.119. The SMILES string of the molecule is COc1ccc(Oc2cc(NC(=O)Nc3ccc(C#N)cc3)c(O)cc2N)cc1. The summed E-state index contributed by atoms with van der Waals surface area (Å²) < 4.78 is 10.8. The highest BCUT2D eigenvalue weighted by molar-refractivity contribution is 6.01. The van der Waals surface area contributed by atoms with Crippen molar-refractivity contribution < 1.29 is 19.4 Å². The zero-order chi connectivity index (χ0) is 20.8. The van der Waals surface area contributed by atoms with E-state index in [4.69, 9.17) is 20.5 Å². The fourth-order valence-corrected chi connectivity index (χ4v) is 2.46. The molecule has 29 heavy (non-hydrogen) atoms. The quantitative estimate of drug-likeness (QED) is 0.380. The van der Waals surface area contributed by atoms with Crippen LogP contribution in [-0.2, 0) is 0 Å². The lowest BCUT2D eigenvalue weighted by molar-refractivity contribution is 0.262. The normalized spacial score (nSPS) is 9.93. The van der Waals surface area contributed by atoms with E-state index in [1.54, 1.807) is 55.6 Å². The Kier molecular flexibility index (Phi) is 5.71. The average Bonchev–Trinajstić information content (AvgIpc) is 2.72. The van der Waals surface area contributed by atoms with Crippen molar-refractivity contribution in [2.24, 2.45) is 0 Å². The predicted molar refractivity (Wildman–Crippen MR) is 109 cm³/mol. The molecule has 8 heteroatoms. The highest BCUT2D eigenvalue weighted by Gasteiger charge is 2.12. The van der Waals surface area contributed by atoms with Gasteiger partial charge in [-0.1, -0.05) is 0 Å². The smallest absolute Gasteiger partial charge is 0.323 e. The Bertz CT molecular complexity index is 1060. The number of phenols is 1. The molecule has 0 saturated carbocycles. The molecular formula is C21H18N4O4. The molecule has 3 aromatic carbocycles. The number of anilines is 3. The van der Waals surface area contributed by atoms with Crippen LogP contribution in [0.4, 0.5) is 21.9 Å². The summed E-state index contributed by atoms with van der Waals surface area (Å²) in [7, 11) is 1.56. The molecule has 2 amide bonds. The fraction of sp³-hybridized carbons (Fsp3) is 0.0476.